The molecule has 7 nitrogen and oxygen atoms in total. The highest BCUT2D eigenvalue weighted by Gasteiger charge is 2.08. The molecule has 0 fully saturated rings. The van der Waals surface area contributed by atoms with Crippen molar-refractivity contribution in [1.82, 2.24) is 15.2 Å². The summed E-state index contributed by atoms with van der Waals surface area (Å²) in [5.74, 6) is 0.821. The number of hydrazone groups is 1. The average Bonchev–Trinajstić information content (AvgIpc) is 3.04. The second-order valence-corrected chi connectivity index (χ2v) is 7.08. The summed E-state index contributed by atoms with van der Waals surface area (Å²) in [4.78, 5) is 11.9. The first kappa shape index (κ1) is 21.4. The number of rotatable bonds is 8. The minimum atomic E-state index is -0.387. The summed E-state index contributed by atoms with van der Waals surface area (Å²) >= 11 is 6.00. The third kappa shape index (κ3) is 5.61. The minimum absolute atomic E-state index is 0.188. The Labute approximate surface area is 180 Å². The number of aryl methyl sites for hydroxylation is 2. The maximum absolute atomic E-state index is 11.9. The van der Waals surface area contributed by atoms with Crippen LogP contribution in [0.4, 0.5) is 0 Å². The lowest BCUT2D eigenvalue weighted by Gasteiger charge is -2.11. The van der Waals surface area contributed by atoms with Crippen molar-refractivity contribution in [2.45, 2.75) is 20.4 Å². The summed E-state index contributed by atoms with van der Waals surface area (Å²) in [7, 11) is 1.63. The van der Waals surface area contributed by atoms with Crippen molar-refractivity contribution in [2.24, 2.45) is 5.10 Å². The molecule has 1 aromatic heterocycles. The van der Waals surface area contributed by atoms with Gasteiger partial charge in [0.15, 0.2) is 6.61 Å². The molecule has 156 valence electrons. The van der Waals surface area contributed by atoms with Gasteiger partial charge in [0.1, 0.15) is 11.5 Å². The van der Waals surface area contributed by atoms with Crippen molar-refractivity contribution in [2.75, 3.05) is 13.7 Å². The largest absolute Gasteiger partial charge is 0.496 e. The van der Waals surface area contributed by atoms with Gasteiger partial charge in [0, 0.05) is 11.3 Å². The van der Waals surface area contributed by atoms with Crippen molar-refractivity contribution in [1.29, 1.82) is 0 Å². The van der Waals surface area contributed by atoms with Crippen molar-refractivity contribution in [3.63, 3.8) is 0 Å². The normalized spacial score (nSPS) is 10.9. The molecule has 0 spiro atoms. The number of benzene rings is 2. The van der Waals surface area contributed by atoms with Crippen molar-refractivity contribution >= 4 is 23.7 Å². The molecule has 0 aliphatic heterocycles. The maximum Gasteiger partial charge on any atom is 0.277 e. The number of halogens is 1. The SMILES string of the molecule is COc1ccc(/C=N\NC(=O)COc2ccccc2Cl)cc1Cn1nc(C)cc1C. The average molecular weight is 427 g/mol. The molecule has 3 rings (SSSR count). The topological polar surface area (TPSA) is 77.7 Å². The fourth-order valence-electron chi connectivity index (χ4n) is 2.91. The van der Waals surface area contributed by atoms with Gasteiger partial charge in [-0.25, -0.2) is 5.43 Å². The third-order valence-electron chi connectivity index (χ3n) is 4.33. The van der Waals surface area contributed by atoms with E-state index in [4.69, 9.17) is 21.1 Å². The maximum atomic E-state index is 11.9. The van der Waals surface area contributed by atoms with E-state index in [0.717, 1.165) is 28.3 Å². The number of hydrogen-bond acceptors (Lipinski definition) is 5. The van der Waals surface area contributed by atoms with Gasteiger partial charge >= 0.3 is 0 Å². The molecular formula is C22H23ClN4O3. The van der Waals surface area contributed by atoms with Gasteiger partial charge in [0.05, 0.1) is 30.6 Å². The van der Waals surface area contributed by atoms with Gasteiger partial charge in [-0.2, -0.15) is 10.2 Å². The Morgan fingerprint density at radius 1 is 1.20 bits per heavy atom. The van der Waals surface area contributed by atoms with Crippen molar-refractivity contribution in [3.05, 3.63) is 76.1 Å². The van der Waals surface area contributed by atoms with Crippen molar-refractivity contribution in [3.8, 4) is 11.5 Å². The van der Waals surface area contributed by atoms with E-state index in [2.05, 4.69) is 15.6 Å². The van der Waals surface area contributed by atoms with Gasteiger partial charge in [-0.15, -0.1) is 0 Å². The molecule has 1 heterocycles. The molecule has 0 bridgehead atoms. The minimum Gasteiger partial charge on any atom is -0.496 e. The molecule has 0 aliphatic carbocycles. The van der Waals surface area contributed by atoms with E-state index in [-0.39, 0.29) is 12.5 Å². The van der Waals surface area contributed by atoms with Crippen LogP contribution in [0, 0.1) is 13.8 Å². The van der Waals surface area contributed by atoms with E-state index in [1.54, 1.807) is 37.6 Å². The van der Waals surface area contributed by atoms with Gasteiger partial charge in [-0.1, -0.05) is 23.7 Å². The Bertz CT molecular complexity index is 1060. The zero-order valence-corrected chi connectivity index (χ0v) is 17.8. The van der Waals surface area contributed by atoms with E-state index in [9.17, 15) is 4.79 Å². The number of ether oxygens (including phenoxy) is 2. The third-order valence-corrected chi connectivity index (χ3v) is 4.64. The number of para-hydroxylation sites is 1. The van der Waals surface area contributed by atoms with E-state index < -0.39 is 0 Å². The van der Waals surface area contributed by atoms with Gasteiger partial charge in [-0.3, -0.25) is 9.48 Å². The van der Waals surface area contributed by atoms with Crippen LogP contribution in [0.5, 0.6) is 11.5 Å². The zero-order chi connectivity index (χ0) is 21.5. The first-order chi connectivity index (χ1) is 14.5. The highest BCUT2D eigenvalue weighted by molar-refractivity contribution is 6.32. The van der Waals surface area contributed by atoms with Gasteiger partial charge in [-0.05, 0) is 55.8 Å². The number of nitrogens with one attached hydrogen (secondary N) is 1. The smallest absolute Gasteiger partial charge is 0.277 e. The first-order valence-electron chi connectivity index (χ1n) is 9.33. The summed E-state index contributed by atoms with van der Waals surface area (Å²) in [6, 6.07) is 14.7. The van der Waals surface area contributed by atoms with E-state index in [1.165, 1.54) is 0 Å². The fourth-order valence-corrected chi connectivity index (χ4v) is 3.11. The van der Waals surface area contributed by atoms with E-state index >= 15 is 0 Å². The van der Waals surface area contributed by atoms with Crippen molar-refractivity contribution < 1.29 is 14.3 Å². The van der Waals surface area contributed by atoms with E-state index in [0.29, 0.717) is 17.3 Å². The number of carbonyl (C=O) groups is 1. The lowest BCUT2D eigenvalue weighted by atomic mass is 10.1. The molecular weight excluding hydrogens is 404 g/mol. The predicted octanol–water partition coefficient (Wildman–Crippen LogP) is 3.74. The quantitative estimate of drug-likeness (QED) is 0.439. The fraction of sp³-hybridized carbons (Fsp3) is 0.227. The van der Waals surface area contributed by atoms with Gasteiger partial charge < -0.3 is 9.47 Å². The van der Waals surface area contributed by atoms with Crippen LogP contribution in [-0.4, -0.2) is 35.6 Å². The molecule has 0 aliphatic rings. The molecule has 8 heteroatoms. The Balaban J connectivity index is 1.61. The second kappa shape index (κ2) is 9.93. The monoisotopic (exact) mass is 426 g/mol. The summed E-state index contributed by atoms with van der Waals surface area (Å²) in [5, 5.41) is 8.94. The Hall–Kier alpha value is -3.32. The van der Waals surface area contributed by atoms with E-state index in [1.807, 2.05) is 42.8 Å². The Morgan fingerprint density at radius 3 is 2.70 bits per heavy atom. The zero-order valence-electron chi connectivity index (χ0n) is 17.1. The summed E-state index contributed by atoms with van der Waals surface area (Å²) in [5.41, 5.74) is 6.26. The second-order valence-electron chi connectivity index (χ2n) is 6.67. The van der Waals surface area contributed by atoms with Crippen LogP contribution in [0.15, 0.2) is 53.6 Å². The van der Waals surface area contributed by atoms with Gasteiger partial charge in [0.25, 0.3) is 5.91 Å². The predicted molar refractivity (Wildman–Crippen MR) is 116 cm³/mol. The standard InChI is InChI=1S/C22H23ClN4O3/c1-15-10-16(2)27(26-15)13-18-11-17(8-9-20(18)29-3)12-24-25-22(28)14-30-21-7-5-4-6-19(21)23/h4-12H,13-14H2,1-3H3,(H,25,28)/b24-12-. The van der Waals surface area contributed by atoms with Crippen LogP contribution in [0.1, 0.15) is 22.5 Å². The van der Waals surface area contributed by atoms with Gasteiger partial charge in [0.2, 0.25) is 0 Å². The summed E-state index contributed by atoms with van der Waals surface area (Å²) in [6.45, 7) is 4.36. The molecule has 0 saturated carbocycles. The summed E-state index contributed by atoms with van der Waals surface area (Å²) < 4.78 is 12.8. The van der Waals surface area contributed by atoms with Crippen LogP contribution in [-0.2, 0) is 11.3 Å². The molecule has 0 radical (unpaired) electrons. The number of amides is 1. The molecule has 30 heavy (non-hydrogen) atoms. The van der Waals surface area contributed by atoms with Crippen LogP contribution in [0.25, 0.3) is 0 Å². The number of nitrogens with zero attached hydrogens (tertiary/aromatic N) is 3. The molecule has 0 atom stereocenters. The Morgan fingerprint density at radius 2 is 2.00 bits per heavy atom. The van der Waals surface area contributed by atoms with Crippen LogP contribution < -0.4 is 14.9 Å². The molecule has 1 amide bonds. The van der Waals surface area contributed by atoms with Crippen LogP contribution >= 0.6 is 11.6 Å². The number of aromatic nitrogens is 2. The lowest BCUT2D eigenvalue weighted by Crippen LogP contribution is -2.24. The number of carbonyl (C=O) groups excluding carboxylic acids is 1. The molecule has 0 saturated heterocycles. The van der Waals surface area contributed by atoms with Crippen LogP contribution in [0.2, 0.25) is 5.02 Å². The highest BCUT2D eigenvalue weighted by Crippen LogP contribution is 2.23. The lowest BCUT2D eigenvalue weighted by molar-refractivity contribution is -0.123. The molecule has 2 aromatic carbocycles. The number of methoxy groups -OCH3 is 1. The molecule has 3 aromatic rings. The highest BCUT2D eigenvalue weighted by atomic mass is 35.5. The van der Waals surface area contributed by atoms with Crippen LogP contribution in [0.3, 0.4) is 0 Å². The molecule has 1 N–H and O–H groups in total. The summed E-state index contributed by atoms with van der Waals surface area (Å²) in [6.07, 6.45) is 1.57. The number of hydrogen-bond donors (Lipinski definition) is 1. The Kier molecular flexibility index (Phi) is 7.08. The first-order valence-corrected chi connectivity index (χ1v) is 9.71. The molecule has 0 unspecified atom stereocenters.